The Labute approximate surface area is 91.3 Å². The SMILES string of the molecule is Cc1c(CNCC(O)C(C)C)cnn1C. The molecule has 0 aliphatic heterocycles. The van der Waals surface area contributed by atoms with Gasteiger partial charge in [0, 0.05) is 31.4 Å². The molecule has 0 radical (unpaired) electrons. The second-order valence-corrected chi connectivity index (χ2v) is 4.32. The van der Waals surface area contributed by atoms with Crippen molar-refractivity contribution in [2.45, 2.75) is 33.4 Å². The first-order chi connectivity index (χ1) is 7.02. The van der Waals surface area contributed by atoms with Crippen molar-refractivity contribution in [3.05, 3.63) is 17.5 Å². The zero-order valence-corrected chi connectivity index (χ0v) is 9.99. The predicted molar refractivity (Wildman–Crippen MR) is 60.5 cm³/mol. The summed E-state index contributed by atoms with van der Waals surface area (Å²) in [5, 5.41) is 17.0. The number of hydrogen-bond acceptors (Lipinski definition) is 3. The van der Waals surface area contributed by atoms with Gasteiger partial charge < -0.3 is 10.4 Å². The molecule has 0 aromatic carbocycles. The van der Waals surface area contributed by atoms with E-state index in [9.17, 15) is 5.11 Å². The third kappa shape index (κ3) is 3.32. The van der Waals surface area contributed by atoms with E-state index in [-0.39, 0.29) is 6.10 Å². The van der Waals surface area contributed by atoms with Gasteiger partial charge in [0.15, 0.2) is 0 Å². The lowest BCUT2D eigenvalue weighted by molar-refractivity contribution is 0.123. The van der Waals surface area contributed by atoms with Crippen LogP contribution >= 0.6 is 0 Å². The Balaban J connectivity index is 2.35. The van der Waals surface area contributed by atoms with Crippen LogP contribution in [0.5, 0.6) is 0 Å². The molecule has 2 N–H and O–H groups in total. The van der Waals surface area contributed by atoms with Crippen molar-refractivity contribution >= 4 is 0 Å². The molecule has 0 spiro atoms. The van der Waals surface area contributed by atoms with Crippen LogP contribution < -0.4 is 5.32 Å². The van der Waals surface area contributed by atoms with Crippen LogP contribution in [0.15, 0.2) is 6.20 Å². The Morgan fingerprint density at radius 1 is 1.53 bits per heavy atom. The number of aliphatic hydroxyl groups excluding tert-OH is 1. The molecule has 1 rings (SSSR count). The summed E-state index contributed by atoms with van der Waals surface area (Å²) in [5.41, 5.74) is 2.36. The van der Waals surface area contributed by atoms with Gasteiger partial charge in [0.1, 0.15) is 0 Å². The van der Waals surface area contributed by atoms with Gasteiger partial charge in [-0.3, -0.25) is 4.68 Å². The van der Waals surface area contributed by atoms with E-state index in [4.69, 9.17) is 0 Å². The summed E-state index contributed by atoms with van der Waals surface area (Å²) in [4.78, 5) is 0. The molecular weight excluding hydrogens is 190 g/mol. The zero-order valence-electron chi connectivity index (χ0n) is 9.99. The number of nitrogens with zero attached hydrogens (tertiary/aromatic N) is 2. The van der Waals surface area contributed by atoms with Gasteiger partial charge in [-0.2, -0.15) is 5.10 Å². The number of aromatic nitrogens is 2. The molecule has 86 valence electrons. The molecule has 0 saturated carbocycles. The average molecular weight is 211 g/mol. The van der Waals surface area contributed by atoms with Gasteiger partial charge in [-0.15, -0.1) is 0 Å². The highest BCUT2D eigenvalue weighted by atomic mass is 16.3. The highest BCUT2D eigenvalue weighted by Gasteiger charge is 2.09. The maximum atomic E-state index is 9.60. The van der Waals surface area contributed by atoms with E-state index in [0.717, 1.165) is 6.54 Å². The number of aryl methyl sites for hydroxylation is 1. The van der Waals surface area contributed by atoms with Crippen molar-refractivity contribution in [2.24, 2.45) is 13.0 Å². The van der Waals surface area contributed by atoms with Gasteiger partial charge in [-0.25, -0.2) is 0 Å². The third-order valence-corrected chi connectivity index (χ3v) is 2.78. The minimum atomic E-state index is -0.276. The van der Waals surface area contributed by atoms with E-state index in [2.05, 4.69) is 10.4 Å². The van der Waals surface area contributed by atoms with Crippen LogP contribution in [0, 0.1) is 12.8 Å². The number of hydrogen-bond donors (Lipinski definition) is 2. The molecule has 1 heterocycles. The maximum Gasteiger partial charge on any atom is 0.0687 e. The molecule has 15 heavy (non-hydrogen) atoms. The van der Waals surface area contributed by atoms with Crippen molar-refractivity contribution in [1.29, 1.82) is 0 Å². The minimum Gasteiger partial charge on any atom is -0.392 e. The van der Waals surface area contributed by atoms with Gasteiger partial charge in [0.2, 0.25) is 0 Å². The molecule has 0 fully saturated rings. The normalized spacial score (nSPS) is 13.5. The molecule has 0 amide bonds. The lowest BCUT2D eigenvalue weighted by Gasteiger charge is -2.14. The number of nitrogens with one attached hydrogen (secondary N) is 1. The van der Waals surface area contributed by atoms with Gasteiger partial charge in [-0.1, -0.05) is 13.8 Å². The van der Waals surface area contributed by atoms with Crippen molar-refractivity contribution in [1.82, 2.24) is 15.1 Å². The molecule has 0 aliphatic rings. The van der Waals surface area contributed by atoms with E-state index in [1.807, 2.05) is 38.7 Å². The Hall–Kier alpha value is -0.870. The van der Waals surface area contributed by atoms with Crippen LogP contribution in [0.3, 0.4) is 0 Å². The molecule has 4 heteroatoms. The minimum absolute atomic E-state index is 0.276. The quantitative estimate of drug-likeness (QED) is 0.758. The first-order valence-corrected chi connectivity index (χ1v) is 5.38. The van der Waals surface area contributed by atoms with Gasteiger partial charge in [0.05, 0.1) is 12.3 Å². The Morgan fingerprint density at radius 3 is 2.67 bits per heavy atom. The maximum absolute atomic E-state index is 9.60. The second kappa shape index (κ2) is 5.28. The third-order valence-electron chi connectivity index (χ3n) is 2.78. The van der Waals surface area contributed by atoms with E-state index in [0.29, 0.717) is 12.5 Å². The van der Waals surface area contributed by atoms with Crippen LogP contribution in [0.2, 0.25) is 0 Å². The van der Waals surface area contributed by atoms with Crippen LogP contribution in [-0.4, -0.2) is 27.5 Å². The molecular formula is C11H21N3O. The molecule has 1 aromatic rings. The van der Waals surface area contributed by atoms with Crippen molar-refractivity contribution in [3.8, 4) is 0 Å². The average Bonchev–Trinajstić information content (AvgIpc) is 2.49. The summed E-state index contributed by atoms with van der Waals surface area (Å²) in [6.45, 7) is 7.47. The van der Waals surface area contributed by atoms with Crippen LogP contribution in [-0.2, 0) is 13.6 Å². The van der Waals surface area contributed by atoms with Crippen LogP contribution in [0.1, 0.15) is 25.1 Å². The second-order valence-electron chi connectivity index (χ2n) is 4.32. The summed E-state index contributed by atoms with van der Waals surface area (Å²) in [5.74, 6) is 0.299. The molecule has 0 aliphatic carbocycles. The van der Waals surface area contributed by atoms with Crippen molar-refractivity contribution in [3.63, 3.8) is 0 Å². The Kier molecular flexibility index (Phi) is 4.29. The Morgan fingerprint density at radius 2 is 2.20 bits per heavy atom. The molecule has 1 aromatic heterocycles. The van der Waals surface area contributed by atoms with Crippen LogP contribution in [0.4, 0.5) is 0 Å². The summed E-state index contributed by atoms with van der Waals surface area (Å²) in [6.07, 6.45) is 1.59. The summed E-state index contributed by atoms with van der Waals surface area (Å²) < 4.78 is 1.86. The lowest BCUT2D eigenvalue weighted by Crippen LogP contribution is -2.30. The summed E-state index contributed by atoms with van der Waals surface area (Å²) in [6, 6.07) is 0. The fourth-order valence-electron chi connectivity index (χ4n) is 1.31. The first-order valence-electron chi connectivity index (χ1n) is 5.38. The molecule has 4 nitrogen and oxygen atoms in total. The fourth-order valence-corrected chi connectivity index (χ4v) is 1.31. The topological polar surface area (TPSA) is 50.1 Å². The monoisotopic (exact) mass is 211 g/mol. The number of rotatable bonds is 5. The van der Waals surface area contributed by atoms with Gasteiger partial charge >= 0.3 is 0 Å². The lowest BCUT2D eigenvalue weighted by atomic mass is 10.1. The van der Waals surface area contributed by atoms with Gasteiger partial charge in [-0.05, 0) is 12.8 Å². The molecule has 0 bridgehead atoms. The van der Waals surface area contributed by atoms with E-state index < -0.39 is 0 Å². The standard InChI is InChI=1S/C11H21N3O/c1-8(2)11(15)7-12-5-10-6-13-14(4)9(10)3/h6,8,11-12,15H,5,7H2,1-4H3. The summed E-state index contributed by atoms with van der Waals surface area (Å²) in [7, 11) is 1.93. The van der Waals surface area contributed by atoms with Crippen LogP contribution in [0.25, 0.3) is 0 Å². The molecule has 1 atom stereocenters. The van der Waals surface area contributed by atoms with Crippen molar-refractivity contribution in [2.75, 3.05) is 6.54 Å². The van der Waals surface area contributed by atoms with E-state index in [1.54, 1.807) is 0 Å². The first kappa shape index (κ1) is 12.2. The largest absolute Gasteiger partial charge is 0.392 e. The van der Waals surface area contributed by atoms with Crippen molar-refractivity contribution < 1.29 is 5.11 Å². The highest BCUT2D eigenvalue weighted by Crippen LogP contribution is 2.05. The number of aliphatic hydroxyl groups is 1. The molecule has 0 saturated heterocycles. The smallest absolute Gasteiger partial charge is 0.0687 e. The zero-order chi connectivity index (χ0) is 11.4. The summed E-state index contributed by atoms with van der Waals surface area (Å²) >= 11 is 0. The van der Waals surface area contributed by atoms with E-state index >= 15 is 0 Å². The predicted octanol–water partition coefficient (Wildman–Crippen LogP) is 0.835. The van der Waals surface area contributed by atoms with Gasteiger partial charge in [0.25, 0.3) is 0 Å². The Bertz CT molecular complexity index is 307. The van der Waals surface area contributed by atoms with E-state index in [1.165, 1.54) is 11.3 Å². The molecule has 1 unspecified atom stereocenters. The highest BCUT2D eigenvalue weighted by molar-refractivity contribution is 5.15. The fraction of sp³-hybridized carbons (Fsp3) is 0.727.